The molecule has 3 fully saturated rings. The number of hydrogen-bond donors (Lipinski definition) is 2. The maximum absolute atomic E-state index is 15.0. The minimum absolute atomic E-state index is 0.0191. The van der Waals surface area contributed by atoms with Gasteiger partial charge in [-0.1, -0.05) is 34.3 Å². The number of anilines is 1. The number of hydrogen-bond acceptors (Lipinski definition) is 13. The van der Waals surface area contributed by atoms with Crippen molar-refractivity contribution in [3.8, 4) is 21.8 Å². The zero-order chi connectivity index (χ0) is 53.2. The van der Waals surface area contributed by atoms with E-state index in [0.717, 1.165) is 38.3 Å². The maximum Gasteiger partial charge on any atom is 0.406 e. The molecule has 4 aliphatic rings. The first-order chi connectivity index (χ1) is 35.1. The number of nitrogens with zero attached hydrogens (tertiary/aromatic N) is 8. The number of alkyl halides is 3. The molecule has 6 bridgehead atoms. The number of hydrazine groups is 1. The lowest BCUT2D eigenvalue weighted by atomic mass is 9.84. The molecule has 0 radical (unpaired) electrons. The third-order valence-corrected chi connectivity index (χ3v) is 15.7. The second-order valence-corrected chi connectivity index (χ2v) is 22.4. The summed E-state index contributed by atoms with van der Waals surface area (Å²) in [4.78, 5) is 73.2. The number of rotatable bonds is 12. The number of thiazole rings is 1. The van der Waals surface area contributed by atoms with Gasteiger partial charge in [0.15, 0.2) is 0 Å². The summed E-state index contributed by atoms with van der Waals surface area (Å²) in [5, 5.41) is 7.36. The summed E-state index contributed by atoms with van der Waals surface area (Å²) in [6, 6.07) is 5.89. The third kappa shape index (κ3) is 12.4. The topological polar surface area (TPSA) is 158 Å². The second kappa shape index (κ2) is 22.7. The van der Waals surface area contributed by atoms with Crippen molar-refractivity contribution in [2.45, 2.75) is 97.6 Å². The molecule has 3 saturated heterocycles. The van der Waals surface area contributed by atoms with Crippen molar-refractivity contribution in [2.75, 3.05) is 85.1 Å². The molecule has 0 unspecified atom stereocenters. The number of fused-ring (bicyclic) bond motifs is 6. The summed E-state index contributed by atoms with van der Waals surface area (Å²) in [7, 11) is 5.50. The average Bonchev–Trinajstić information content (AvgIpc) is 4.11. The monoisotopic (exact) mass is 1040 g/mol. The fourth-order valence-electron chi connectivity index (χ4n) is 10.9. The highest BCUT2D eigenvalue weighted by Gasteiger charge is 2.38. The second-order valence-electron chi connectivity index (χ2n) is 21.6. The van der Waals surface area contributed by atoms with Gasteiger partial charge in [-0.25, -0.2) is 10.4 Å². The highest BCUT2D eigenvalue weighted by atomic mass is 32.1. The van der Waals surface area contributed by atoms with E-state index in [1.165, 1.54) is 33.2 Å². The van der Waals surface area contributed by atoms with Crippen LogP contribution < -0.4 is 15.6 Å². The normalized spacial score (nSPS) is 21.6. The molecule has 0 spiro atoms. The van der Waals surface area contributed by atoms with Crippen molar-refractivity contribution in [2.24, 2.45) is 17.3 Å². The lowest BCUT2D eigenvalue weighted by Gasteiger charge is -2.34. The Bertz CT molecular complexity index is 2760. The lowest BCUT2D eigenvalue weighted by Crippen LogP contribution is -2.56. The molecule has 4 atom stereocenters. The first-order valence-electron chi connectivity index (χ1n) is 25.6. The third-order valence-electron chi connectivity index (χ3n) is 14.8. The Morgan fingerprint density at radius 2 is 1.85 bits per heavy atom. The molecule has 4 aliphatic heterocycles. The number of amides is 3. The number of pyridine rings is 1. The molecule has 7 heterocycles. The molecule has 1 aromatic carbocycles. The van der Waals surface area contributed by atoms with Crippen molar-refractivity contribution in [3.05, 3.63) is 77.2 Å². The summed E-state index contributed by atoms with van der Waals surface area (Å²) >= 11 is 1.34. The molecule has 3 amide bonds. The number of aromatic nitrogens is 3. The average molecular weight is 1050 g/mol. The van der Waals surface area contributed by atoms with Gasteiger partial charge in [0.1, 0.15) is 17.6 Å². The number of halogens is 3. The highest BCUT2D eigenvalue weighted by Crippen LogP contribution is 2.44. The first-order valence-corrected chi connectivity index (χ1v) is 26.5. The van der Waals surface area contributed by atoms with E-state index in [1.54, 1.807) is 30.3 Å². The molecule has 0 aliphatic carbocycles. The first kappa shape index (κ1) is 54.6. The van der Waals surface area contributed by atoms with Gasteiger partial charge in [0.25, 0.3) is 5.91 Å². The summed E-state index contributed by atoms with van der Waals surface area (Å²) in [5.41, 5.74) is 6.90. The summed E-state index contributed by atoms with van der Waals surface area (Å²) in [6.45, 7) is 17.0. The number of carbonyl (C=O) groups excluding carboxylic acids is 4. The predicted molar refractivity (Wildman–Crippen MR) is 280 cm³/mol. The summed E-state index contributed by atoms with van der Waals surface area (Å²) in [6.07, 6.45) is 1.29. The van der Waals surface area contributed by atoms with Crippen molar-refractivity contribution < 1.29 is 41.8 Å². The van der Waals surface area contributed by atoms with Crippen LogP contribution in [0.5, 0.6) is 0 Å². The van der Waals surface area contributed by atoms with Crippen LogP contribution in [0.15, 0.2) is 60.3 Å². The minimum Gasteiger partial charge on any atom is -0.464 e. The Balaban J connectivity index is 1.21. The van der Waals surface area contributed by atoms with Crippen LogP contribution in [0.25, 0.3) is 32.7 Å². The molecular formula is C54H71F3N10O6S. The van der Waals surface area contributed by atoms with Crippen molar-refractivity contribution in [1.29, 1.82) is 0 Å². The SMILES string of the molecule is C=CC(=O)N1CC[C@H](CN(C)[C@H](C(=O)N/C=C2\Cc3csc(n3)-c3ccc4c(c3)c(c(-c3cc(N5CCN(C)CC5)cnc3[C@H](C)OC)n4CC(F)(F)F)CC(C)(C)COC(=O)[C@@H]3CCCN(N3)C2=O)C(C)C)C1. The van der Waals surface area contributed by atoms with Gasteiger partial charge in [-0.15, -0.1) is 11.3 Å². The van der Waals surface area contributed by atoms with Crippen LogP contribution >= 0.6 is 11.3 Å². The molecule has 0 saturated carbocycles. The smallest absolute Gasteiger partial charge is 0.406 e. The Hall–Kier alpha value is -5.67. The largest absolute Gasteiger partial charge is 0.464 e. The number of likely N-dealkylation sites (N-methyl/N-ethyl adjacent to an activating group) is 2. The summed E-state index contributed by atoms with van der Waals surface area (Å²) < 4.78 is 58.3. The van der Waals surface area contributed by atoms with E-state index in [-0.39, 0.29) is 48.7 Å². The standard InChI is InChI=1S/C54H71F3N10O6S/c1-10-45(68)65-17-15-35(29-65)28-63(8)47(33(2)3)49(69)59-26-37-22-38-30-74-50(60-38)36-13-14-44-40(23-36)42(25-53(5,6)32-73-52(71)43-12-11-16-67(61-43)51(37)70)48(66(44)31-54(55,56)57)41-24-39(27-58-46(41)34(4)72-9)64-20-18-62(7)19-21-64/h10,13-14,23-24,26-27,30,33-35,43,47,61H,1,11-12,15-22,25,28-29,31-32H2,2-9H3,(H,59,69)/b37-26+/t34-,35+,43-,47-/m0/s1. The van der Waals surface area contributed by atoms with E-state index < -0.39 is 48.2 Å². The van der Waals surface area contributed by atoms with E-state index >= 15 is 13.2 Å². The fourth-order valence-corrected chi connectivity index (χ4v) is 11.7. The number of methoxy groups -OCH3 is 1. The zero-order valence-corrected chi connectivity index (χ0v) is 44.7. The van der Waals surface area contributed by atoms with Gasteiger partial charge in [0.2, 0.25) is 11.8 Å². The number of nitrogens with one attached hydrogen (secondary N) is 2. The van der Waals surface area contributed by atoms with Crippen molar-refractivity contribution in [1.82, 2.24) is 45.0 Å². The minimum atomic E-state index is -4.60. The fraction of sp³-hybridized carbons (Fsp3) is 0.556. The number of ether oxygens (including phenoxy) is 2. The zero-order valence-electron chi connectivity index (χ0n) is 43.9. The van der Waals surface area contributed by atoms with Gasteiger partial charge in [-0.2, -0.15) is 13.2 Å². The van der Waals surface area contributed by atoms with Crippen LogP contribution in [0.4, 0.5) is 18.9 Å². The van der Waals surface area contributed by atoms with E-state index in [2.05, 4.69) is 34.2 Å². The number of piperazine rings is 1. The van der Waals surface area contributed by atoms with Gasteiger partial charge in [0.05, 0.1) is 47.7 Å². The van der Waals surface area contributed by atoms with Crippen LogP contribution in [0.3, 0.4) is 0 Å². The van der Waals surface area contributed by atoms with Crippen LogP contribution in [0, 0.1) is 17.3 Å². The van der Waals surface area contributed by atoms with E-state index in [9.17, 15) is 19.2 Å². The Labute approximate surface area is 435 Å². The number of benzene rings is 1. The molecule has 20 heteroatoms. The molecule has 400 valence electrons. The predicted octanol–water partition coefficient (Wildman–Crippen LogP) is 7.00. The van der Waals surface area contributed by atoms with Gasteiger partial charge in [-0.3, -0.25) is 34.1 Å². The van der Waals surface area contributed by atoms with E-state index in [4.69, 9.17) is 19.4 Å². The van der Waals surface area contributed by atoms with Gasteiger partial charge >= 0.3 is 12.1 Å². The van der Waals surface area contributed by atoms with Crippen LogP contribution in [-0.2, 0) is 48.0 Å². The lowest BCUT2D eigenvalue weighted by molar-refractivity contribution is -0.154. The van der Waals surface area contributed by atoms with Crippen LogP contribution in [0.1, 0.15) is 76.9 Å². The molecule has 74 heavy (non-hydrogen) atoms. The molecule has 8 rings (SSSR count). The van der Waals surface area contributed by atoms with E-state index in [0.29, 0.717) is 88.7 Å². The molecule has 16 nitrogen and oxygen atoms in total. The van der Waals surface area contributed by atoms with Crippen molar-refractivity contribution >= 4 is 51.6 Å². The summed E-state index contributed by atoms with van der Waals surface area (Å²) in [5.74, 6) is -1.36. The number of likely N-dealkylation sites (tertiary alicyclic amines) is 1. The Kier molecular flexibility index (Phi) is 16.7. The maximum atomic E-state index is 15.0. The number of carbonyl (C=O) groups is 4. The molecule has 2 N–H and O–H groups in total. The van der Waals surface area contributed by atoms with E-state index in [1.807, 2.05) is 64.1 Å². The van der Waals surface area contributed by atoms with Crippen LogP contribution in [-0.4, -0.2) is 156 Å². The highest BCUT2D eigenvalue weighted by molar-refractivity contribution is 7.13. The quantitative estimate of drug-likeness (QED) is 0.111. The Morgan fingerprint density at radius 3 is 2.55 bits per heavy atom. The van der Waals surface area contributed by atoms with Gasteiger partial charge in [-0.05, 0) is 94.4 Å². The molecular weight excluding hydrogens is 974 g/mol. The molecule has 4 aromatic rings. The molecule has 3 aromatic heterocycles. The van der Waals surface area contributed by atoms with Crippen LogP contribution in [0.2, 0.25) is 0 Å². The number of cyclic esters (lactones) is 1. The van der Waals surface area contributed by atoms with Crippen molar-refractivity contribution in [3.63, 3.8) is 0 Å². The Morgan fingerprint density at radius 1 is 1.09 bits per heavy atom. The van der Waals surface area contributed by atoms with Gasteiger partial charge < -0.3 is 34.1 Å². The van der Waals surface area contributed by atoms with Gasteiger partial charge in [0, 0.05) is 110 Å². The number of esters is 1.